The Morgan fingerprint density at radius 1 is 1.07 bits per heavy atom. The minimum Gasteiger partial charge on any atom is -0.494 e. The van der Waals surface area contributed by atoms with E-state index in [-0.39, 0.29) is 5.84 Å². The third-order valence-electron chi connectivity index (χ3n) is 2.99. The van der Waals surface area contributed by atoms with Gasteiger partial charge in [-0.25, -0.2) is 9.59 Å². The van der Waals surface area contributed by atoms with Crippen LogP contribution in [0.3, 0.4) is 0 Å². The van der Waals surface area contributed by atoms with Gasteiger partial charge in [0.1, 0.15) is 22.8 Å². The quantitative estimate of drug-likeness (QED) is 0.434. The van der Waals surface area contributed by atoms with Gasteiger partial charge in [-0.15, -0.1) is 0 Å². The van der Waals surface area contributed by atoms with Crippen LogP contribution in [0, 0.1) is 0 Å². The molecule has 8 heteroatoms. The Kier molecular flexibility index (Phi) is 8.28. The van der Waals surface area contributed by atoms with Crippen LogP contribution >= 0.6 is 0 Å². The molecule has 0 aliphatic heterocycles. The zero-order valence-electron chi connectivity index (χ0n) is 17.5. The van der Waals surface area contributed by atoms with E-state index in [2.05, 4.69) is 10.3 Å². The van der Waals surface area contributed by atoms with Gasteiger partial charge in [0.05, 0.1) is 6.61 Å². The van der Waals surface area contributed by atoms with Crippen molar-refractivity contribution in [3.8, 4) is 5.75 Å². The number of carbonyl (C=O) groups excluding carboxylic acids is 2. The fraction of sp³-hybridized carbons (Fsp3) is 0.550. The number of nitrogens with two attached hydrogens (primary N) is 1. The molecule has 1 aromatic rings. The van der Waals surface area contributed by atoms with E-state index in [1.54, 1.807) is 65.8 Å². The Morgan fingerprint density at radius 2 is 1.71 bits per heavy atom. The van der Waals surface area contributed by atoms with Gasteiger partial charge in [0.2, 0.25) is 0 Å². The molecule has 0 aromatic heterocycles. The molecule has 2 amide bonds. The molecule has 1 rings (SSSR count). The fourth-order valence-electron chi connectivity index (χ4n) is 1.96. The van der Waals surface area contributed by atoms with Crippen molar-refractivity contribution >= 4 is 18.0 Å². The number of alkyl carbamates (subject to hydrolysis) is 1. The molecule has 0 radical (unpaired) electrons. The number of nitrogens with zero attached hydrogens (tertiary/aromatic N) is 1. The summed E-state index contributed by atoms with van der Waals surface area (Å²) in [6, 6.07) is 6.93. The lowest BCUT2D eigenvalue weighted by molar-refractivity contribution is 0.0524. The van der Waals surface area contributed by atoms with E-state index < -0.39 is 23.4 Å². The number of aliphatic imine (C=N–C) groups is 1. The second kappa shape index (κ2) is 9.96. The Morgan fingerprint density at radius 3 is 2.32 bits per heavy atom. The molecule has 0 bridgehead atoms. The number of nitrogens with one attached hydrogen (secondary N) is 1. The minimum atomic E-state index is -0.746. The summed E-state index contributed by atoms with van der Waals surface area (Å²) in [7, 11) is 0. The lowest BCUT2D eigenvalue weighted by atomic mass is 10.2. The average molecular weight is 393 g/mol. The van der Waals surface area contributed by atoms with Gasteiger partial charge < -0.3 is 25.3 Å². The smallest absolute Gasteiger partial charge is 0.436 e. The van der Waals surface area contributed by atoms with Gasteiger partial charge >= 0.3 is 12.2 Å². The fourth-order valence-corrected chi connectivity index (χ4v) is 1.96. The maximum absolute atomic E-state index is 11.7. The van der Waals surface area contributed by atoms with E-state index in [1.807, 2.05) is 0 Å². The number of amidine groups is 1. The number of hydrogen-bond acceptors (Lipinski definition) is 5. The molecule has 0 aliphatic carbocycles. The summed E-state index contributed by atoms with van der Waals surface area (Å²) in [5.41, 5.74) is 5.26. The molecule has 0 saturated heterocycles. The van der Waals surface area contributed by atoms with Gasteiger partial charge in [-0.2, -0.15) is 4.99 Å². The zero-order valence-corrected chi connectivity index (χ0v) is 17.5. The molecule has 0 spiro atoms. The molecule has 0 unspecified atom stereocenters. The molecular weight excluding hydrogens is 362 g/mol. The van der Waals surface area contributed by atoms with E-state index in [1.165, 1.54) is 0 Å². The first-order valence-corrected chi connectivity index (χ1v) is 9.13. The zero-order chi connectivity index (χ0) is 21.4. The number of carbonyl (C=O) groups is 2. The standard InChI is InChI=1S/C20H31N3O5/c1-19(2,3)27-17(24)22-11-8-12-26-15-10-7-9-14(13-15)16(21)23-18(25)28-20(4,5)6/h7,9-10,13H,8,11-12H2,1-6H3,(H,22,24)(H2,21,23,25). The van der Waals surface area contributed by atoms with Crippen LogP contribution < -0.4 is 15.8 Å². The normalized spacial score (nSPS) is 12.3. The van der Waals surface area contributed by atoms with Crippen molar-refractivity contribution in [2.45, 2.75) is 59.2 Å². The lowest BCUT2D eigenvalue weighted by Gasteiger charge is -2.19. The lowest BCUT2D eigenvalue weighted by Crippen LogP contribution is -2.33. The minimum absolute atomic E-state index is 0.0475. The predicted octanol–water partition coefficient (Wildman–Crippen LogP) is 3.62. The molecule has 0 fully saturated rings. The van der Waals surface area contributed by atoms with E-state index >= 15 is 0 Å². The summed E-state index contributed by atoms with van der Waals surface area (Å²) in [6.45, 7) is 11.5. The summed E-state index contributed by atoms with van der Waals surface area (Å²) < 4.78 is 15.9. The molecule has 28 heavy (non-hydrogen) atoms. The highest BCUT2D eigenvalue weighted by atomic mass is 16.6. The monoisotopic (exact) mass is 393 g/mol. The largest absolute Gasteiger partial charge is 0.494 e. The van der Waals surface area contributed by atoms with Crippen LogP contribution in [0.25, 0.3) is 0 Å². The van der Waals surface area contributed by atoms with Crippen molar-refractivity contribution in [2.24, 2.45) is 10.7 Å². The second-order valence-electron chi connectivity index (χ2n) is 8.14. The highest BCUT2D eigenvalue weighted by Gasteiger charge is 2.17. The van der Waals surface area contributed by atoms with Crippen molar-refractivity contribution in [1.29, 1.82) is 0 Å². The summed E-state index contributed by atoms with van der Waals surface area (Å²) >= 11 is 0. The first kappa shape index (κ1) is 23.3. The second-order valence-corrected chi connectivity index (χ2v) is 8.14. The molecule has 1 aromatic carbocycles. The molecular formula is C20H31N3O5. The average Bonchev–Trinajstić information content (AvgIpc) is 2.51. The first-order valence-electron chi connectivity index (χ1n) is 9.13. The summed E-state index contributed by atoms with van der Waals surface area (Å²) in [5, 5.41) is 2.66. The van der Waals surface area contributed by atoms with Crippen molar-refractivity contribution in [3.63, 3.8) is 0 Å². The highest BCUT2D eigenvalue weighted by Crippen LogP contribution is 2.14. The number of benzene rings is 1. The van der Waals surface area contributed by atoms with Crippen LogP contribution in [0.1, 0.15) is 53.5 Å². The third-order valence-corrected chi connectivity index (χ3v) is 2.99. The van der Waals surface area contributed by atoms with E-state index in [0.29, 0.717) is 30.9 Å². The van der Waals surface area contributed by atoms with Crippen LogP contribution in [0.5, 0.6) is 5.75 Å². The van der Waals surface area contributed by atoms with Crippen molar-refractivity contribution in [3.05, 3.63) is 29.8 Å². The Labute approximate surface area is 166 Å². The summed E-state index contributed by atoms with van der Waals surface area (Å²) in [4.78, 5) is 27.0. The molecule has 0 heterocycles. The van der Waals surface area contributed by atoms with Crippen LogP contribution in [0.15, 0.2) is 29.3 Å². The van der Waals surface area contributed by atoms with Crippen LogP contribution in [-0.4, -0.2) is 42.4 Å². The van der Waals surface area contributed by atoms with Gasteiger partial charge in [-0.05, 0) is 60.1 Å². The maximum atomic E-state index is 11.7. The molecule has 0 atom stereocenters. The first-order chi connectivity index (χ1) is 12.9. The summed E-state index contributed by atoms with van der Waals surface area (Å²) in [6.07, 6.45) is -0.601. The molecule has 0 saturated carbocycles. The topological polar surface area (TPSA) is 112 Å². The molecule has 0 aliphatic rings. The number of rotatable bonds is 6. The van der Waals surface area contributed by atoms with Crippen molar-refractivity contribution < 1.29 is 23.8 Å². The SMILES string of the molecule is CC(C)(C)OC(=O)/N=C(/N)c1cccc(OCCCNC(=O)OC(C)(C)C)c1. The van der Waals surface area contributed by atoms with Gasteiger partial charge in [0.15, 0.2) is 0 Å². The molecule has 8 nitrogen and oxygen atoms in total. The van der Waals surface area contributed by atoms with Crippen molar-refractivity contribution in [2.75, 3.05) is 13.2 Å². The van der Waals surface area contributed by atoms with Crippen LogP contribution in [0.4, 0.5) is 9.59 Å². The maximum Gasteiger partial charge on any atom is 0.436 e. The number of amides is 2. The van der Waals surface area contributed by atoms with Crippen molar-refractivity contribution in [1.82, 2.24) is 5.32 Å². The van der Waals surface area contributed by atoms with E-state index in [0.717, 1.165) is 0 Å². The van der Waals surface area contributed by atoms with Crippen LogP contribution in [0.2, 0.25) is 0 Å². The Bertz CT molecular complexity index is 703. The Balaban J connectivity index is 2.49. The molecule has 3 N–H and O–H groups in total. The number of hydrogen-bond donors (Lipinski definition) is 2. The summed E-state index contributed by atoms with van der Waals surface area (Å²) in [5.74, 6) is 0.628. The highest BCUT2D eigenvalue weighted by molar-refractivity contribution is 6.03. The van der Waals surface area contributed by atoms with Crippen LogP contribution in [-0.2, 0) is 9.47 Å². The Hall–Kier alpha value is -2.77. The van der Waals surface area contributed by atoms with Gasteiger partial charge in [-0.1, -0.05) is 12.1 Å². The number of ether oxygens (including phenoxy) is 3. The third kappa shape index (κ3) is 10.4. The van der Waals surface area contributed by atoms with Gasteiger partial charge in [0.25, 0.3) is 0 Å². The van der Waals surface area contributed by atoms with E-state index in [9.17, 15) is 9.59 Å². The molecule has 156 valence electrons. The van der Waals surface area contributed by atoms with E-state index in [4.69, 9.17) is 19.9 Å². The van der Waals surface area contributed by atoms with Gasteiger partial charge in [0, 0.05) is 12.1 Å². The van der Waals surface area contributed by atoms with Gasteiger partial charge in [-0.3, -0.25) is 0 Å². The predicted molar refractivity (Wildman–Crippen MR) is 108 cm³/mol.